The fraction of sp³-hybridized carbons (Fsp3) is 0.947. The van der Waals surface area contributed by atoms with Crippen molar-refractivity contribution in [2.75, 3.05) is 6.61 Å². The molecule has 0 saturated heterocycles. The van der Waals surface area contributed by atoms with Crippen molar-refractivity contribution in [2.45, 2.75) is 226 Å². The average Bonchev–Trinajstić information content (AvgIpc) is 2.99. The second-order valence-electron chi connectivity index (χ2n) is 12.9. The van der Waals surface area contributed by atoms with Crippen molar-refractivity contribution in [3.05, 3.63) is 0 Å². The van der Waals surface area contributed by atoms with Crippen molar-refractivity contribution >= 4 is 11.9 Å². The number of carbonyl (C=O) groups is 2. The molecule has 0 bridgehead atoms. The first-order valence-electron chi connectivity index (χ1n) is 19.0. The maximum absolute atomic E-state index is 12.2. The zero-order valence-corrected chi connectivity index (χ0v) is 28.8. The second kappa shape index (κ2) is 34.4. The molecule has 0 N–H and O–H groups in total. The summed E-state index contributed by atoms with van der Waals surface area (Å²) in [6.45, 7) is 6.72. The molecule has 1 unspecified atom stereocenters. The Bertz CT molecular complexity index is 561. The monoisotopic (exact) mass is 595 g/mol. The summed E-state index contributed by atoms with van der Waals surface area (Å²) in [5.74, 6) is -0.306. The highest BCUT2D eigenvalue weighted by Gasteiger charge is 2.15. The normalized spacial score (nSPS) is 12.0. The Balaban J connectivity index is 3.51. The van der Waals surface area contributed by atoms with Crippen molar-refractivity contribution in [2.24, 2.45) is 0 Å². The Morgan fingerprint density at radius 1 is 0.405 bits per heavy atom. The molecule has 0 fully saturated rings. The largest absolute Gasteiger partial charge is 0.462 e. The minimum Gasteiger partial charge on any atom is -0.462 e. The first-order valence-corrected chi connectivity index (χ1v) is 19.0. The molecule has 0 aromatic rings. The lowest BCUT2D eigenvalue weighted by Gasteiger charge is -2.16. The third-order valence-corrected chi connectivity index (χ3v) is 8.65. The molecule has 1 atom stereocenters. The molecule has 0 spiro atoms. The standard InChI is InChI=1S/C38H74O4/c1-4-7-9-11-13-15-17-19-21-23-25-27-29-31-33-37(39)41-35-36(6-3)42-38(40)34-32-30-28-26-24-22-20-18-16-14-12-10-8-5-2/h36H,4-35H2,1-3H3. The van der Waals surface area contributed by atoms with Crippen LogP contribution in [0.25, 0.3) is 0 Å². The minimum atomic E-state index is -0.315. The molecule has 0 rings (SSSR count). The van der Waals surface area contributed by atoms with E-state index in [1.165, 1.54) is 154 Å². The molecule has 0 heterocycles. The van der Waals surface area contributed by atoms with E-state index in [0.717, 1.165) is 25.7 Å². The van der Waals surface area contributed by atoms with Crippen LogP contribution < -0.4 is 0 Å². The number of unbranched alkanes of at least 4 members (excludes halogenated alkanes) is 26. The van der Waals surface area contributed by atoms with Crippen LogP contribution in [0, 0.1) is 0 Å². The minimum absolute atomic E-state index is 0.149. The summed E-state index contributed by atoms with van der Waals surface area (Å²) < 4.78 is 11.0. The molecule has 0 aliphatic rings. The van der Waals surface area contributed by atoms with Crippen LogP contribution in [0.3, 0.4) is 0 Å². The van der Waals surface area contributed by atoms with Gasteiger partial charge in [0.1, 0.15) is 12.7 Å². The highest BCUT2D eigenvalue weighted by atomic mass is 16.6. The highest BCUT2D eigenvalue weighted by molar-refractivity contribution is 5.70. The van der Waals surface area contributed by atoms with Gasteiger partial charge in [0.05, 0.1) is 0 Å². The predicted molar refractivity (Wildman–Crippen MR) is 181 cm³/mol. The van der Waals surface area contributed by atoms with Crippen molar-refractivity contribution in [1.82, 2.24) is 0 Å². The molecule has 4 heteroatoms. The zero-order chi connectivity index (χ0) is 30.8. The molecular formula is C38H74O4. The number of hydrogen-bond donors (Lipinski definition) is 0. The number of ether oxygens (including phenoxy) is 2. The van der Waals surface area contributed by atoms with Crippen LogP contribution in [0.15, 0.2) is 0 Å². The number of esters is 2. The summed E-state index contributed by atoms with van der Waals surface area (Å²) in [6.07, 6.45) is 37.9. The maximum atomic E-state index is 12.2. The van der Waals surface area contributed by atoms with Crippen LogP contribution in [0.4, 0.5) is 0 Å². The van der Waals surface area contributed by atoms with Gasteiger partial charge in [-0.05, 0) is 19.3 Å². The Morgan fingerprint density at radius 2 is 0.690 bits per heavy atom. The van der Waals surface area contributed by atoms with Gasteiger partial charge in [-0.2, -0.15) is 0 Å². The quantitative estimate of drug-likeness (QED) is 0.0549. The lowest BCUT2D eigenvalue weighted by Crippen LogP contribution is -2.24. The van der Waals surface area contributed by atoms with Crippen LogP contribution in [-0.2, 0) is 19.1 Å². The van der Waals surface area contributed by atoms with E-state index in [1.54, 1.807) is 0 Å². The van der Waals surface area contributed by atoms with Gasteiger partial charge in [0.15, 0.2) is 0 Å². The van der Waals surface area contributed by atoms with E-state index < -0.39 is 0 Å². The molecule has 0 radical (unpaired) electrons. The van der Waals surface area contributed by atoms with Gasteiger partial charge in [-0.1, -0.05) is 188 Å². The van der Waals surface area contributed by atoms with Gasteiger partial charge < -0.3 is 9.47 Å². The third-order valence-electron chi connectivity index (χ3n) is 8.65. The van der Waals surface area contributed by atoms with Gasteiger partial charge in [0.2, 0.25) is 0 Å². The first-order chi connectivity index (χ1) is 20.6. The number of rotatable bonds is 34. The van der Waals surface area contributed by atoms with Crippen molar-refractivity contribution in [3.63, 3.8) is 0 Å². The third kappa shape index (κ3) is 31.9. The summed E-state index contributed by atoms with van der Waals surface area (Å²) in [4.78, 5) is 24.4. The fourth-order valence-corrected chi connectivity index (χ4v) is 5.67. The van der Waals surface area contributed by atoms with Crippen molar-refractivity contribution in [1.29, 1.82) is 0 Å². The molecule has 0 aromatic heterocycles. The van der Waals surface area contributed by atoms with Crippen LogP contribution >= 0.6 is 0 Å². The molecule has 0 aliphatic carbocycles. The fourth-order valence-electron chi connectivity index (χ4n) is 5.67. The van der Waals surface area contributed by atoms with E-state index in [4.69, 9.17) is 9.47 Å². The van der Waals surface area contributed by atoms with Gasteiger partial charge in [-0.15, -0.1) is 0 Å². The predicted octanol–water partition coefficient (Wildman–Crippen LogP) is 12.6. The maximum Gasteiger partial charge on any atom is 0.306 e. The molecule has 0 aromatic carbocycles. The van der Waals surface area contributed by atoms with Crippen LogP contribution in [-0.4, -0.2) is 24.6 Å². The topological polar surface area (TPSA) is 52.6 Å². The van der Waals surface area contributed by atoms with Crippen molar-refractivity contribution < 1.29 is 19.1 Å². The Kier molecular flexibility index (Phi) is 33.6. The lowest BCUT2D eigenvalue weighted by atomic mass is 10.0. The van der Waals surface area contributed by atoms with Crippen LogP contribution in [0.5, 0.6) is 0 Å². The van der Waals surface area contributed by atoms with E-state index in [0.29, 0.717) is 19.3 Å². The molecule has 250 valence electrons. The Morgan fingerprint density at radius 3 is 1.00 bits per heavy atom. The molecule has 42 heavy (non-hydrogen) atoms. The van der Waals surface area contributed by atoms with Crippen molar-refractivity contribution in [3.8, 4) is 0 Å². The molecule has 4 nitrogen and oxygen atoms in total. The molecule has 0 amide bonds. The average molecular weight is 595 g/mol. The smallest absolute Gasteiger partial charge is 0.306 e. The molecule has 0 saturated carbocycles. The van der Waals surface area contributed by atoms with E-state index in [-0.39, 0.29) is 24.6 Å². The van der Waals surface area contributed by atoms with Gasteiger partial charge >= 0.3 is 11.9 Å². The summed E-state index contributed by atoms with van der Waals surface area (Å²) in [7, 11) is 0. The lowest BCUT2D eigenvalue weighted by molar-refractivity contribution is -0.159. The zero-order valence-electron chi connectivity index (χ0n) is 28.8. The van der Waals surface area contributed by atoms with Gasteiger partial charge in [-0.3, -0.25) is 9.59 Å². The first kappa shape index (κ1) is 40.9. The van der Waals surface area contributed by atoms with Crippen LogP contribution in [0.1, 0.15) is 220 Å². The second-order valence-corrected chi connectivity index (χ2v) is 12.9. The van der Waals surface area contributed by atoms with E-state index in [1.807, 2.05) is 6.92 Å². The SMILES string of the molecule is CCCCCCCCCCCCCCCCC(=O)OCC(CC)OC(=O)CCCCCCCCCCCCCCCC. The Hall–Kier alpha value is -1.06. The summed E-state index contributed by atoms with van der Waals surface area (Å²) in [6, 6.07) is 0. The van der Waals surface area contributed by atoms with E-state index in [9.17, 15) is 9.59 Å². The highest BCUT2D eigenvalue weighted by Crippen LogP contribution is 2.15. The van der Waals surface area contributed by atoms with E-state index >= 15 is 0 Å². The summed E-state index contributed by atoms with van der Waals surface area (Å²) in [5, 5.41) is 0. The van der Waals surface area contributed by atoms with Gasteiger partial charge in [-0.25, -0.2) is 0 Å². The van der Waals surface area contributed by atoms with Gasteiger partial charge in [0, 0.05) is 12.8 Å². The van der Waals surface area contributed by atoms with Crippen LogP contribution in [0.2, 0.25) is 0 Å². The van der Waals surface area contributed by atoms with E-state index in [2.05, 4.69) is 13.8 Å². The summed E-state index contributed by atoms with van der Waals surface area (Å²) >= 11 is 0. The van der Waals surface area contributed by atoms with Gasteiger partial charge in [0.25, 0.3) is 0 Å². The molecule has 0 aliphatic heterocycles. The number of carbonyl (C=O) groups excluding carboxylic acids is 2. The molecular weight excluding hydrogens is 520 g/mol. The summed E-state index contributed by atoms with van der Waals surface area (Å²) in [5.41, 5.74) is 0. The number of hydrogen-bond acceptors (Lipinski definition) is 4. The Labute approximate surface area is 263 Å².